The average molecular weight is 393 g/mol. The Morgan fingerprint density at radius 2 is 1.30 bits per heavy atom. The van der Waals surface area contributed by atoms with E-state index in [0.717, 1.165) is 0 Å². The number of hydrogen-bond acceptors (Lipinski definition) is 1. The van der Waals surface area contributed by atoms with Gasteiger partial charge in [-0.15, -0.1) is 0 Å². The van der Waals surface area contributed by atoms with E-state index >= 15 is 0 Å². The van der Waals surface area contributed by atoms with E-state index in [0.29, 0.717) is 0 Å². The minimum Gasteiger partial charge on any atom is -1.00 e. The van der Waals surface area contributed by atoms with Crippen LogP contribution >= 0.6 is 11.3 Å². The number of thiazole rings is 1. The highest BCUT2D eigenvalue weighted by atomic mass is 127. The Balaban J connectivity index is 0.00000147. The van der Waals surface area contributed by atoms with E-state index in [4.69, 9.17) is 0 Å². The summed E-state index contributed by atoms with van der Waals surface area (Å²) in [5.74, 6) is 0. The molecule has 0 bridgehead atoms. The molecule has 1 aromatic heterocycles. The summed E-state index contributed by atoms with van der Waals surface area (Å²) in [5, 5.41) is 1.32. The van der Waals surface area contributed by atoms with Crippen LogP contribution in [-0.4, -0.2) is 0 Å². The number of halogens is 1. The number of nitrogens with zero attached hydrogens (tertiary/aromatic N) is 1. The van der Waals surface area contributed by atoms with Crippen LogP contribution in [0.15, 0.2) is 60.7 Å². The molecule has 3 aromatic rings. The molecule has 102 valence electrons. The summed E-state index contributed by atoms with van der Waals surface area (Å²) in [6, 6.07) is 21.2. The first-order valence-corrected chi connectivity index (χ1v) is 7.19. The fourth-order valence-corrected chi connectivity index (χ4v) is 3.41. The van der Waals surface area contributed by atoms with E-state index in [2.05, 4.69) is 79.2 Å². The number of aryl methyl sites for hydroxylation is 1. The summed E-state index contributed by atoms with van der Waals surface area (Å²) in [7, 11) is 2.14. The maximum Gasteiger partial charge on any atom is 0.234 e. The largest absolute Gasteiger partial charge is 1.00 e. The molecule has 0 amide bonds. The van der Waals surface area contributed by atoms with Crippen molar-refractivity contribution in [2.75, 3.05) is 0 Å². The third-order valence-electron chi connectivity index (χ3n) is 3.36. The predicted molar refractivity (Wildman–Crippen MR) is 81.1 cm³/mol. The van der Waals surface area contributed by atoms with Gasteiger partial charge in [0.2, 0.25) is 10.7 Å². The highest BCUT2D eigenvalue weighted by Crippen LogP contribution is 2.34. The lowest BCUT2D eigenvalue weighted by molar-refractivity contribution is -0.661. The first-order valence-electron chi connectivity index (χ1n) is 6.37. The molecule has 0 saturated carbocycles. The van der Waals surface area contributed by atoms with Crippen molar-refractivity contribution in [3.8, 4) is 21.7 Å². The predicted octanol–water partition coefficient (Wildman–Crippen LogP) is 1.22. The molecule has 3 heteroatoms. The second kappa shape index (κ2) is 6.50. The molecule has 3 rings (SSSR count). The van der Waals surface area contributed by atoms with Gasteiger partial charge in [0, 0.05) is 12.5 Å². The van der Waals surface area contributed by atoms with Gasteiger partial charge in [0.1, 0.15) is 11.9 Å². The second-order valence-corrected chi connectivity index (χ2v) is 5.79. The number of aromatic nitrogens is 1. The molecule has 0 fully saturated rings. The van der Waals surface area contributed by atoms with Gasteiger partial charge in [-0.3, -0.25) is 0 Å². The summed E-state index contributed by atoms with van der Waals surface area (Å²) < 4.78 is 2.28. The fourth-order valence-electron chi connectivity index (χ4n) is 2.28. The Hall–Kier alpha value is -1.20. The Bertz CT molecular complexity index is 690. The zero-order valence-electron chi connectivity index (χ0n) is 11.5. The third kappa shape index (κ3) is 2.79. The minimum atomic E-state index is 0. The van der Waals surface area contributed by atoms with E-state index in [1.54, 1.807) is 0 Å². The van der Waals surface area contributed by atoms with Crippen molar-refractivity contribution in [2.45, 2.75) is 6.92 Å². The lowest BCUT2D eigenvalue weighted by Crippen LogP contribution is -3.00. The number of hydrogen-bond donors (Lipinski definition) is 0. The molecule has 0 N–H and O–H groups in total. The quantitative estimate of drug-likeness (QED) is 0.456. The van der Waals surface area contributed by atoms with Crippen molar-refractivity contribution < 1.29 is 28.5 Å². The topological polar surface area (TPSA) is 3.88 Å². The van der Waals surface area contributed by atoms with Crippen molar-refractivity contribution in [3.05, 3.63) is 65.7 Å². The number of benzene rings is 2. The zero-order valence-corrected chi connectivity index (χ0v) is 14.5. The van der Waals surface area contributed by atoms with E-state index in [1.807, 2.05) is 11.3 Å². The van der Waals surface area contributed by atoms with Crippen molar-refractivity contribution in [1.82, 2.24) is 0 Å². The summed E-state index contributed by atoms with van der Waals surface area (Å²) in [6.07, 6.45) is 0. The van der Waals surface area contributed by atoms with Gasteiger partial charge in [-0.05, 0) is 17.7 Å². The lowest BCUT2D eigenvalue weighted by Gasteiger charge is -2.00. The molecular weight excluding hydrogens is 377 g/mol. The van der Waals surface area contributed by atoms with Crippen LogP contribution in [0.4, 0.5) is 0 Å². The fraction of sp³-hybridized carbons (Fsp3) is 0.118. The Kier molecular flexibility index (Phi) is 4.94. The van der Waals surface area contributed by atoms with Gasteiger partial charge in [0.25, 0.3) is 0 Å². The van der Waals surface area contributed by atoms with Crippen LogP contribution in [0.1, 0.15) is 5.01 Å². The van der Waals surface area contributed by atoms with E-state index < -0.39 is 0 Å². The van der Waals surface area contributed by atoms with Crippen molar-refractivity contribution in [1.29, 1.82) is 0 Å². The summed E-state index contributed by atoms with van der Waals surface area (Å²) >= 11 is 1.85. The summed E-state index contributed by atoms with van der Waals surface area (Å²) in [6.45, 7) is 2.17. The van der Waals surface area contributed by atoms with Crippen LogP contribution < -0.4 is 28.5 Å². The Labute approximate surface area is 140 Å². The van der Waals surface area contributed by atoms with Gasteiger partial charge in [-0.25, -0.2) is 0 Å². The molecule has 0 saturated heterocycles. The average Bonchev–Trinajstić information content (AvgIpc) is 2.77. The van der Waals surface area contributed by atoms with Crippen LogP contribution in [0, 0.1) is 6.92 Å². The van der Waals surface area contributed by atoms with Crippen LogP contribution in [0.25, 0.3) is 21.7 Å². The van der Waals surface area contributed by atoms with Crippen molar-refractivity contribution in [2.24, 2.45) is 7.05 Å². The van der Waals surface area contributed by atoms with Crippen LogP contribution in [0.5, 0.6) is 0 Å². The van der Waals surface area contributed by atoms with Crippen LogP contribution in [-0.2, 0) is 7.05 Å². The smallest absolute Gasteiger partial charge is 0.234 e. The number of rotatable bonds is 2. The lowest BCUT2D eigenvalue weighted by atomic mass is 10.1. The maximum absolute atomic E-state index is 2.28. The molecule has 0 aliphatic rings. The van der Waals surface area contributed by atoms with Gasteiger partial charge in [-0.1, -0.05) is 59.9 Å². The molecule has 0 unspecified atom stereocenters. The van der Waals surface area contributed by atoms with Crippen LogP contribution in [0.3, 0.4) is 0 Å². The van der Waals surface area contributed by atoms with Gasteiger partial charge in [-0.2, -0.15) is 4.57 Å². The van der Waals surface area contributed by atoms with Gasteiger partial charge in [0.15, 0.2) is 0 Å². The van der Waals surface area contributed by atoms with Crippen molar-refractivity contribution in [3.63, 3.8) is 0 Å². The molecule has 1 heterocycles. The van der Waals surface area contributed by atoms with E-state index in [-0.39, 0.29) is 24.0 Å². The molecule has 0 spiro atoms. The second-order valence-electron chi connectivity index (χ2n) is 4.59. The van der Waals surface area contributed by atoms with Crippen molar-refractivity contribution >= 4 is 11.3 Å². The molecule has 0 aliphatic carbocycles. The molecule has 2 aromatic carbocycles. The van der Waals surface area contributed by atoms with Gasteiger partial charge in [0.05, 0.1) is 0 Å². The summed E-state index contributed by atoms with van der Waals surface area (Å²) in [5.41, 5.74) is 3.86. The van der Waals surface area contributed by atoms with Gasteiger partial charge < -0.3 is 24.0 Å². The first kappa shape index (κ1) is 15.2. The normalized spacial score (nSPS) is 10.1. The molecule has 20 heavy (non-hydrogen) atoms. The minimum absolute atomic E-state index is 0. The highest BCUT2D eigenvalue weighted by molar-refractivity contribution is 7.15. The summed E-state index contributed by atoms with van der Waals surface area (Å²) in [4.78, 5) is 1.34. The molecule has 0 radical (unpaired) electrons. The van der Waals surface area contributed by atoms with Crippen LogP contribution in [0.2, 0.25) is 0 Å². The highest BCUT2D eigenvalue weighted by Gasteiger charge is 2.23. The zero-order chi connectivity index (χ0) is 13.2. The third-order valence-corrected chi connectivity index (χ3v) is 4.56. The van der Waals surface area contributed by atoms with Gasteiger partial charge >= 0.3 is 0 Å². The van der Waals surface area contributed by atoms with E-state index in [1.165, 1.54) is 26.7 Å². The molecule has 0 atom stereocenters. The molecular formula is C17H16INS. The molecule has 1 nitrogen and oxygen atoms in total. The van der Waals surface area contributed by atoms with E-state index in [9.17, 15) is 0 Å². The SMILES string of the molecule is Cc1sc(-c2ccccc2)c(-c2ccccc2)[n+]1C.[I-]. The Morgan fingerprint density at radius 3 is 1.85 bits per heavy atom. The standard InChI is InChI=1S/C17H16NS.HI/c1-13-18(2)16(14-9-5-3-6-10-14)17(19-13)15-11-7-4-8-12-15;/h3-12H,1-2H3;1H/q+1;/p-1. The monoisotopic (exact) mass is 393 g/mol. The Morgan fingerprint density at radius 1 is 0.800 bits per heavy atom. The maximum atomic E-state index is 2.28. The first-order chi connectivity index (χ1) is 9.27. The molecule has 0 aliphatic heterocycles.